The lowest BCUT2D eigenvalue weighted by molar-refractivity contribution is -0.116. The van der Waals surface area contributed by atoms with Crippen LogP contribution < -0.4 is 16.0 Å². The Morgan fingerprint density at radius 1 is 1.37 bits per heavy atom. The molecule has 2 heterocycles. The molecule has 0 bridgehead atoms. The Hall–Kier alpha value is -1.59. The van der Waals surface area contributed by atoms with Crippen LogP contribution in [-0.4, -0.2) is 43.5 Å². The van der Waals surface area contributed by atoms with Gasteiger partial charge in [0.1, 0.15) is 6.04 Å². The van der Waals surface area contributed by atoms with Gasteiger partial charge >= 0.3 is 0 Å². The van der Waals surface area contributed by atoms with Crippen molar-refractivity contribution in [1.82, 2.24) is 4.90 Å². The molecule has 19 heavy (non-hydrogen) atoms. The summed E-state index contributed by atoms with van der Waals surface area (Å²) in [6.07, 6.45) is 0. The number of hydrogen-bond donors (Lipinski definition) is 2. The molecular weight excluding hydrogens is 240 g/mol. The predicted octanol–water partition coefficient (Wildman–Crippen LogP) is 0.779. The van der Waals surface area contributed by atoms with Crippen LogP contribution >= 0.6 is 0 Å². The van der Waals surface area contributed by atoms with E-state index in [2.05, 4.69) is 35.2 Å². The van der Waals surface area contributed by atoms with Crippen LogP contribution in [0, 0.1) is 0 Å². The normalized spacial score (nSPS) is 27.3. The Morgan fingerprint density at radius 2 is 2.16 bits per heavy atom. The monoisotopic (exact) mass is 260 g/mol. The summed E-state index contributed by atoms with van der Waals surface area (Å²) in [6, 6.07) is 6.10. The van der Waals surface area contributed by atoms with E-state index in [4.69, 9.17) is 5.73 Å². The number of rotatable bonds is 1. The molecule has 2 aliphatic heterocycles. The van der Waals surface area contributed by atoms with Crippen molar-refractivity contribution < 1.29 is 4.79 Å². The minimum atomic E-state index is -0.518. The molecule has 1 aromatic carbocycles. The zero-order valence-corrected chi connectivity index (χ0v) is 11.4. The quantitative estimate of drug-likeness (QED) is 0.783. The topological polar surface area (TPSA) is 61.6 Å². The number of likely N-dealkylation sites (N-methyl/N-ethyl adjacent to an activating group) is 1. The fourth-order valence-corrected chi connectivity index (χ4v) is 2.76. The molecule has 3 rings (SSSR count). The number of anilines is 2. The molecule has 2 atom stereocenters. The molecule has 1 fully saturated rings. The lowest BCUT2D eigenvalue weighted by Crippen LogP contribution is -2.50. The predicted molar refractivity (Wildman–Crippen MR) is 76.3 cm³/mol. The average Bonchev–Trinajstić information content (AvgIpc) is 2.68. The second-order valence-corrected chi connectivity index (χ2v) is 5.51. The van der Waals surface area contributed by atoms with Crippen molar-refractivity contribution in [2.45, 2.75) is 19.0 Å². The zero-order chi connectivity index (χ0) is 13.6. The van der Waals surface area contributed by atoms with Crippen LogP contribution in [0.15, 0.2) is 18.2 Å². The molecule has 1 saturated heterocycles. The fourth-order valence-electron chi connectivity index (χ4n) is 2.76. The van der Waals surface area contributed by atoms with Crippen LogP contribution in [0.25, 0.3) is 0 Å². The third kappa shape index (κ3) is 2.09. The van der Waals surface area contributed by atoms with E-state index in [-0.39, 0.29) is 5.91 Å². The summed E-state index contributed by atoms with van der Waals surface area (Å²) in [4.78, 5) is 16.3. The fraction of sp³-hybridized carbons (Fsp3) is 0.500. The summed E-state index contributed by atoms with van der Waals surface area (Å²) in [5, 5.41) is 2.85. The lowest BCUT2D eigenvalue weighted by atomic mass is 10.1. The maximum atomic E-state index is 11.6. The molecule has 0 saturated carbocycles. The number of carbonyl (C=O) groups excluding carboxylic acids is 1. The van der Waals surface area contributed by atoms with Gasteiger partial charge in [0.25, 0.3) is 0 Å². The highest BCUT2D eigenvalue weighted by Gasteiger charge is 2.28. The molecule has 2 unspecified atom stereocenters. The minimum Gasteiger partial charge on any atom is -0.369 e. The first-order valence-electron chi connectivity index (χ1n) is 6.72. The molecule has 2 aliphatic rings. The molecule has 0 spiro atoms. The van der Waals surface area contributed by atoms with Gasteiger partial charge in [0.05, 0.1) is 0 Å². The third-order valence-corrected chi connectivity index (χ3v) is 4.24. The maximum absolute atomic E-state index is 11.6. The van der Waals surface area contributed by atoms with Crippen molar-refractivity contribution >= 4 is 17.3 Å². The van der Waals surface area contributed by atoms with E-state index in [0.717, 1.165) is 36.6 Å². The van der Waals surface area contributed by atoms with Crippen molar-refractivity contribution in [2.75, 3.05) is 36.9 Å². The van der Waals surface area contributed by atoms with E-state index in [1.165, 1.54) is 0 Å². The highest BCUT2D eigenvalue weighted by Crippen LogP contribution is 2.33. The summed E-state index contributed by atoms with van der Waals surface area (Å²) in [6.45, 7) is 5.32. The van der Waals surface area contributed by atoms with Crippen LogP contribution in [-0.2, 0) is 4.79 Å². The summed E-state index contributed by atoms with van der Waals surface area (Å²) in [5.41, 5.74) is 8.75. The van der Waals surface area contributed by atoms with E-state index < -0.39 is 6.04 Å². The van der Waals surface area contributed by atoms with E-state index in [1.54, 1.807) is 0 Å². The molecule has 0 aromatic heterocycles. The Bertz CT molecular complexity index is 516. The van der Waals surface area contributed by atoms with Gasteiger partial charge in [-0.25, -0.2) is 0 Å². The summed E-state index contributed by atoms with van der Waals surface area (Å²) in [5.74, 6) is -0.112. The van der Waals surface area contributed by atoms with Crippen molar-refractivity contribution in [3.8, 4) is 0 Å². The summed E-state index contributed by atoms with van der Waals surface area (Å²) >= 11 is 0. The standard InChI is InChI=1S/C14H20N4O/c1-9-8-18(6-5-17(9)2)10-3-4-11-12(7-10)16-14(19)13(11)15/h3-4,7,9,13H,5-6,8,15H2,1-2H3,(H,16,19). The maximum Gasteiger partial charge on any atom is 0.245 e. The Labute approximate surface area is 113 Å². The number of nitrogens with two attached hydrogens (primary N) is 1. The number of carbonyl (C=O) groups is 1. The molecule has 5 heteroatoms. The Kier molecular flexibility index (Phi) is 2.95. The highest BCUT2D eigenvalue weighted by atomic mass is 16.2. The van der Waals surface area contributed by atoms with E-state index >= 15 is 0 Å². The van der Waals surface area contributed by atoms with Gasteiger partial charge in [-0.05, 0) is 26.1 Å². The molecule has 3 N–H and O–H groups in total. The number of hydrogen-bond acceptors (Lipinski definition) is 4. The van der Waals surface area contributed by atoms with Crippen molar-refractivity contribution in [3.05, 3.63) is 23.8 Å². The second-order valence-electron chi connectivity index (χ2n) is 5.51. The van der Waals surface area contributed by atoms with Gasteiger partial charge in [0.15, 0.2) is 0 Å². The van der Waals surface area contributed by atoms with Gasteiger partial charge in [0.2, 0.25) is 5.91 Å². The molecular formula is C14H20N4O. The van der Waals surface area contributed by atoms with Gasteiger partial charge in [-0.1, -0.05) is 6.07 Å². The number of fused-ring (bicyclic) bond motifs is 1. The van der Waals surface area contributed by atoms with Gasteiger partial charge in [-0.15, -0.1) is 0 Å². The van der Waals surface area contributed by atoms with Crippen LogP contribution in [0.1, 0.15) is 18.5 Å². The first-order chi connectivity index (χ1) is 9.06. The Morgan fingerprint density at radius 3 is 2.89 bits per heavy atom. The first kappa shape index (κ1) is 12.4. The Balaban J connectivity index is 1.84. The number of piperazine rings is 1. The SMILES string of the molecule is CC1CN(c2ccc3c(c2)NC(=O)C3N)CCN1C. The largest absolute Gasteiger partial charge is 0.369 e. The van der Waals surface area contributed by atoms with Crippen molar-refractivity contribution in [1.29, 1.82) is 0 Å². The number of nitrogens with one attached hydrogen (secondary N) is 1. The highest BCUT2D eigenvalue weighted by molar-refractivity contribution is 6.02. The van der Waals surface area contributed by atoms with Gasteiger partial charge < -0.3 is 20.9 Å². The number of nitrogens with zero attached hydrogens (tertiary/aromatic N) is 2. The first-order valence-corrected chi connectivity index (χ1v) is 6.72. The van der Waals surface area contributed by atoms with Crippen LogP contribution in [0.4, 0.5) is 11.4 Å². The molecule has 0 radical (unpaired) electrons. The lowest BCUT2D eigenvalue weighted by Gasteiger charge is -2.39. The van der Waals surface area contributed by atoms with E-state index in [9.17, 15) is 4.79 Å². The van der Waals surface area contributed by atoms with Gasteiger partial charge in [-0.3, -0.25) is 4.79 Å². The van der Waals surface area contributed by atoms with Gasteiger partial charge in [0, 0.05) is 42.6 Å². The van der Waals surface area contributed by atoms with Crippen LogP contribution in [0.5, 0.6) is 0 Å². The summed E-state index contributed by atoms with van der Waals surface area (Å²) < 4.78 is 0. The van der Waals surface area contributed by atoms with E-state index in [0.29, 0.717) is 6.04 Å². The second kappa shape index (κ2) is 4.51. The smallest absolute Gasteiger partial charge is 0.245 e. The third-order valence-electron chi connectivity index (χ3n) is 4.24. The van der Waals surface area contributed by atoms with Crippen molar-refractivity contribution in [3.63, 3.8) is 0 Å². The van der Waals surface area contributed by atoms with Crippen LogP contribution in [0.3, 0.4) is 0 Å². The molecule has 5 nitrogen and oxygen atoms in total. The molecule has 102 valence electrons. The molecule has 1 aromatic rings. The molecule has 0 aliphatic carbocycles. The van der Waals surface area contributed by atoms with E-state index in [1.807, 2.05) is 12.1 Å². The van der Waals surface area contributed by atoms with Gasteiger partial charge in [-0.2, -0.15) is 0 Å². The van der Waals surface area contributed by atoms with Crippen LogP contribution in [0.2, 0.25) is 0 Å². The average molecular weight is 260 g/mol. The summed E-state index contributed by atoms with van der Waals surface area (Å²) in [7, 11) is 2.16. The zero-order valence-electron chi connectivity index (χ0n) is 11.4. The molecule has 1 amide bonds. The minimum absolute atomic E-state index is 0.112. The number of benzene rings is 1. The van der Waals surface area contributed by atoms with Crippen molar-refractivity contribution in [2.24, 2.45) is 5.73 Å². The number of amides is 1.